The molecule has 86 valence electrons. The lowest BCUT2D eigenvalue weighted by Gasteiger charge is -2.27. The Balaban J connectivity index is 2.39. The van der Waals surface area contributed by atoms with Gasteiger partial charge in [-0.15, -0.1) is 0 Å². The molecule has 0 heterocycles. The van der Waals surface area contributed by atoms with Crippen molar-refractivity contribution in [3.05, 3.63) is 35.4 Å². The third-order valence-electron chi connectivity index (χ3n) is 3.43. The van der Waals surface area contributed by atoms with Crippen LogP contribution in [0.3, 0.4) is 0 Å². The van der Waals surface area contributed by atoms with Crippen LogP contribution in [0.25, 0.3) is 5.57 Å². The fourth-order valence-electron chi connectivity index (χ4n) is 2.18. The molecule has 1 aromatic carbocycles. The van der Waals surface area contributed by atoms with Crippen molar-refractivity contribution < 1.29 is 4.74 Å². The minimum absolute atomic E-state index is 0.0276. The number of methoxy groups -OCH3 is 1. The molecule has 2 rings (SSSR count). The Labute approximate surface area is 97.3 Å². The normalized spacial score (nSPS) is 14.6. The van der Waals surface area contributed by atoms with Crippen LogP contribution in [0.1, 0.15) is 25.0 Å². The summed E-state index contributed by atoms with van der Waals surface area (Å²) < 4.78 is 5.25. The first-order valence-electron chi connectivity index (χ1n) is 5.65. The van der Waals surface area contributed by atoms with Gasteiger partial charge in [0.25, 0.3) is 0 Å². The fourth-order valence-corrected chi connectivity index (χ4v) is 2.18. The van der Waals surface area contributed by atoms with E-state index < -0.39 is 0 Å². The van der Waals surface area contributed by atoms with Gasteiger partial charge in [-0.3, -0.25) is 0 Å². The van der Waals surface area contributed by atoms with Gasteiger partial charge in [0.05, 0.1) is 7.11 Å². The van der Waals surface area contributed by atoms with Gasteiger partial charge < -0.3 is 10.1 Å². The van der Waals surface area contributed by atoms with Crippen molar-refractivity contribution in [2.45, 2.75) is 25.8 Å². The highest BCUT2D eigenvalue weighted by Gasteiger charge is 2.27. The van der Waals surface area contributed by atoms with Crippen molar-refractivity contribution in [3.8, 4) is 5.75 Å². The van der Waals surface area contributed by atoms with Crippen LogP contribution in [0.5, 0.6) is 5.75 Å². The lowest BCUT2D eigenvalue weighted by Crippen LogP contribution is -2.36. The van der Waals surface area contributed by atoms with Crippen LogP contribution in [0, 0.1) is 0 Å². The minimum atomic E-state index is 0.0276. The minimum Gasteiger partial charge on any atom is -0.497 e. The average molecular weight is 217 g/mol. The molecule has 1 aliphatic carbocycles. The number of rotatable bonds is 3. The largest absolute Gasteiger partial charge is 0.497 e. The van der Waals surface area contributed by atoms with E-state index in [1.165, 1.54) is 16.7 Å². The zero-order chi connectivity index (χ0) is 11.8. The second-order valence-corrected chi connectivity index (χ2v) is 4.72. The summed E-state index contributed by atoms with van der Waals surface area (Å²) in [6.07, 6.45) is 3.31. The maximum Gasteiger partial charge on any atom is 0.119 e. The molecule has 0 aromatic heterocycles. The Kier molecular flexibility index (Phi) is 2.76. The Morgan fingerprint density at radius 2 is 2.06 bits per heavy atom. The highest BCUT2D eigenvalue weighted by atomic mass is 16.5. The lowest BCUT2D eigenvalue weighted by molar-refractivity contribution is 0.414. The summed E-state index contributed by atoms with van der Waals surface area (Å²) >= 11 is 0. The van der Waals surface area contributed by atoms with E-state index >= 15 is 0 Å². The smallest absolute Gasteiger partial charge is 0.119 e. The number of nitrogens with one attached hydrogen (secondary N) is 1. The number of hydrogen-bond donors (Lipinski definition) is 1. The van der Waals surface area contributed by atoms with E-state index in [9.17, 15) is 0 Å². The molecule has 1 N–H and O–H groups in total. The lowest BCUT2D eigenvalue weighted by atomic mass is 9.90. The maximum atomic E-state index is 5.25. The first-order chi connectivity index (χ1) is 7.58. The molecule has 1 aromatic rings. The van der Waals surface area contributed by atoms with Gasteiger partial charge in [-0.25, -0.2) is 0 Å². The molecule has 1 aliphatic rings. The summed E-state index contributed by atoms with van der Waals surface area (Å²) in [5, 5.41) is 3.35. The van der Waals surface area contributed by atoms with Crippen LogP contribution < -0.4 is 10.1 Å². The van der Waals surface area contributed by atoms with Gasteiger partial charge in [0.15, 0.2) is 0 Å². The van der Waals surface area contributed by atoms with Crippen LogP contribution in [0.15, 0.2) is 24.3 Å². The SMILES string of the molecule is CNC(C)(C)C1=CCc2cc(OC)ccc21. The highest BCUT2D eigenvalue weighted by molar-refractivity contribution is 5.79. The van der Waals surface area contributed by atoms with E-state index in [2.05, 4.69) is 37.4 Å². The summed E-state index contributed by atoms with van der Waals surface area (Å²) in [7, 11) is 3.71. The first kappa shape index (κ1) is 11.2. The molecule has 2 heteroatoms. The van der Waals surface area contributed by atoms with Gasteiger partial charge in [0, 0.05) is 5.54 Å². The van der Waals surface area contributed by atoms with Crippen molar-refractivity contribution in [3.63, 3.8) is 0 Å². The molecule has 0 aliphatic heterocycles. The first-order valence-corrected chi connectivity index (χ1v) is 5.65. The summed E-state index contributed by atoms with van der Waals surface area (Å²) in [5.74, 6) is 0.940. The van der Waals surface area contributed by atoms with Crippen LogP contribution in [-0.2, 0) is 6.42 Å². The van der Waals surface area contributed by atoms with Gasteiger partial charge in [0.1, 0.15) is 5.75 Å². The van der Waals surface area contributed by atoms with E-state index in [0.29, 0.717) is 0 Å². The molecular weight excluding hydrogens is 198 g/mol. The number of likely N-dealkylation sites (N-methyl/N-ethyl adjacent to an activating group) is 1. The van der Waals surface area contributed by atoms with Crippen LogP contribution >= 0.6 is 0 Å². The second-order valence-electron chi connectivity index (χ2n) is 4.72. The predicted molar refractivity (Wildman–Crippen MR) is 67.8 cm³/mol. The predicted octanol–water partition coefficient (Wildman–Crippen LogP) is 2.63. The van der Waals surface area contributed by atoms with Gasteiger partial charge in [-0.05, 0) is 56.1 Å². The van der Waals surface area contributed by atoms with E-state index in [1.54, 1.807) is 7.11 Å². The van der Waals surface area contributed by atoms with Crippen molar-refractivity contribution in [1.29, 1.82) is 0 Å². The average Bonchev–Trinajstić information content (AvgIpc) is 2.72. The van der Waals surface area contributed by atoms with Crippen LogP contribution in [-0.4, -0.2) is 19.7 Å². The third kappa shape index (κ3) is 1.74. The van der Waals surface area contributed by atoms with Gasteiger partial charge in [-0.2, -0.15) is 0 Å². The molecule has 0 saturated carbocycles. The number of ether oxygens (including phenoxy) is 1. The molecule has 16 heavy (non-hydrogen) atoms. The standard InChI is InChI=1S/C14H19NO/c1-14(2,15-3)13-8-5-10-9-11(16-4)6-7-12(10)13/h6-9,15H,5H2,1-4H3. The molecule has 0 spiro atoms. The Morgan fingerprint density at radius 1 is 1.31 bits per heavy atom. The van der Waals surface area contributed by atoms with Crippen LogP contribution in [0.2, 0.25) is 0 Å². The molecular formula is C14H19NO. The quantitative estimate of drug-likeness (QED) is 0.840. The Bertz CT molecular complexity index is 432. The Morgan fingerprint density at radius 3 is 2.69 bits per heavy atom. The van der Waals surface area contributed by atoms with E-state index in [-0.39, 0.29) is 5.54 Å². The summed E-state index contributed by atoms with van der Waals surface area (Å²) in [6, 6.07) is 6.32. The molecule has 0 atom stereocenters. The molecule has 0 amide bonds. The topological polar surface area (TPSA) is 21.3 Å². The zero-order valence-electron chi connectivity index (χ0n) is 10.4. The van der Waals surface area contributed by atoms with Crippen molar-refractivity contribution in [2.24, 2.45) is 0 Å². The van der Waals surface area contributed by atoms with Gasteiger partial charge in [-0.1, -0.05) is 12.1 Å². The molecule has 0 saturated heterocycles. The maximum absolute atomic E-state index is 5.25. The van der Waals surface area contributed by atoms with Crippen molar-refractivity contribution in [1.82, 2.24) is 5.32 Å². The third-order valence-corrected chi connectivity index (χ3v) is 3.43. The molecule has 0 radical (unpaired) electrons. The van der Waals surface area contributed by atoms with Crippen molar-refractivity contribution in [2.75, 3.05) is 14.2 Å². The summed E-state index contributed by atoms with van der Waals surface area (Å²) in [6.45, 7) is 4.41. The van der Waals surface area contributed by atoms with Crippen LogP contribution in [0.4, 0.5) is 0 Å². The van der Waals surface area contributed by atoms with Gasteiger partial charge in [0.2, 0.25) is 0 Å². The summed E-state index contributed by atoms with van der Waals surface area (Å²) in [4.78, 5) is 0. The highest BCUT2D eigenvalue weighted by Crippen LogP contribution is 2.36. The fraction of sp³-hybridized carbons (Fsp3) is 0.429. The van der Waals surface area contributed by atoms with E-state index in [1.807, 2.05) is 13.1 Å². The van der Waals surface area contributed by atoms with Crippen molar-refractivity contribution >= 4 is 5.57 Å². The number of allylic oxidation sites excluding steroid dienone is 1. The zero-order valence-corrected chi connectivity index (χ0v) is 10.4. The summed E-state index contributed by atoms with van der Waals surface area (Å²) in [5.41, 5.74) is 4.12. The number of benzene rings is 1. The van der Waals surface area contributed by atoms with Gasteiger partial charge >= 0.3 is 0 Å². The van der Waals surface area contributed by atoms with E-state index in [4.69, 9.17) is 4.74 Å². The van der Waals surface area contributed by atoms with E-state index in [0.717, 1.165) is 12.2 Å². The second kappa shape index (κ2) is 3.95. The monoisotopic (exact) mass is 217 g/mol. The molecule has 0 bridgehead atoms. The Hall–Kier alpha value is -1.28. The molecule has 0 unspecified atom stereocenters. The number of fused-ring (bicyclic) bond motifs is 1. The molecule has 2 nitrogen and oxygen atoms in total. The molecule has 0 fully saturated rings. The number of hydrogen-bond acceptors (Lipinski definition) is 2.